The number of benzene rings is 1. The van der Waals surface area contributed by atoms with E-state index in [1.807, 2.05) is 30.6 Å². The van der Waals surface area contributed by atoms with Crippen molar-refractivity contribution in [1.29, 1.82) is 0 Å². The first-order chi connectivity index (χ1) is 7.47. The SMILES string of the molecule is c1ccc2cnccc2c1.c1conn1. The summed E-state index contributed by atoms with van der Waals surface area (Å²) in [5.41, 5.74) is 0. The fourth-order valence-electron chi connectivity index (χ4n) is 1.16. The standard InChI is InChI=1S/C9H7N.C2H2N2O/c1-2-4-9-7-10-6-5-8(9)3-1;1-2-5-4-3-1/h1-7H;1-2H. The van der Waals surface area contributed by atoms with Gasteiger partial charge in [0.25, 0.3) is 0 Å². The Morgan fingerprint density at radius 1 is 0.933 bits per heavy atom. The number of nitrogens with zero attached hydrogens (tertiary/aromatic N) is 3. The van der Waals surface area contributed by atoms with Gasteiger partial charge in [-0.1, -0.05) is 24.3 Å². The molecule has 4 nitrogen and oxygen atoms in total. The monoisotopic (exact) mass is 199 g/mol. The number of fused-ring (bicyclic) bond motifs is 1. The molecule has 74 valence electrons. The molecule has 1 aromatic carbocycles. The summed E-state index contributed by atoms with van der Waals surface area (Å²) in [6.07, 6.45) is 6.55. The normalized spacial score (nSPS) is 9.33. The lowest BCUT2D eigenvalue weighted by atomic mass is 10.2. The van der Waals surface area contributed by atoms with Crippen molar-refractivity contribution in [3.05, 3.63) is 55.2 Å². The lowest BCUT2D eigenvalue weighted by Gasteiger charge is -1.91. The maximum Gasteiger partial charge on any atom is 0.144 e. The Morgan fingerprint density at radius 2 is 1.80 bits per heavy atom. The lowest BCUT2D eigenvalue weighted by Crippen LogP contribution is -1.71. The Kier molecular flexibility index (Phi) is 3.02. The molecule has 2 aromatic heterocycles. The van der Waals surface area contributed by atoms with Crippen LogP contribution >= 0.6 is 0 Å². The highest BCUT2D eigenvalue weighted by atomic mass is 16.5. The van der Waals surface area contributed by atoms with Gasteiger partial charge in [-0.25, -0.2) is 0 Å². The summed E-state index contributed by atoms with van der Waals surface area (Å²) >= 11 is 0. The minimum Gasteiger partial charge on any atom is -0.346 e. The van der Waals surface area contributed by atoms with Crippen LogP contribution in [0.4, 0.5) is 0 Å². The number of hydrogen-bond acceptors (Lipinski definition) is 4. The molecule has 0 N–H and O–H groups in total. The number of rotatable bonds is 0. The van der Waals surface area contributed by atoms with E-state index in [1.54, 1.807) is 0 Å². The molecule has 3 aromatic rings. The first-order valence-electron chi connectivity index (χ1n) is 4.46. The van der Waals surface area contributed by atoms with E-state index < -0.39 is 0 Å². The average Bonchev–Trinajstić information content (AvgIpc) is 2.88. The van der Waals surface area contributed by atoms with E-state index in [-0.39, 0.29) is 0 Å². The molecule has 0 atom stereocenters. The predicted octanol–water partition coefficient (Wildman–Crippen LogP) is 2.30. The van der Waals surface area contributed by atoms with Crippen molar-refractivity contribution >= 4 is 10.8 Å². The number of aromatic nitrogens is 3. The molecule has 3 rings (SSSR count). The van der Waals surface area contributed by atoms with Crippen LogP contribution in [0, 0.1) is 0 Å². The van der Waals surface area contributed by atoms with Crippen molar-refractivity contribution < 1.29 is 4.52 Å². The maximum absolute atomic E-state index is 4.22. The van der Waals surface area contributed by atoms with E-state index >= 15 is 0 Å². The van der Waals surface area contributed by atoms with Crippen LogP contribution in [0.15, 0.2) is 59.7 Å². The van der Waals surface area contributed by atoms with Crippen molar-refractivity contribution in [3.8, 4) is 0 Å². The molecule has 0 aliphatic rings. The molecule has 0 bridgehead atoms. The van der Waals surface area contributed by atoms with Crippen LogP contribution in [0.3, 0.4) is 0 Å². The third-order valence-corrected chi connectivity index (χ3v) is 1.83. The third-order valence-electron chi connectivity index (χ3n) is 1.83. The van der Waals surface area contributed by atoms with E-state index in [4.69, 9.17) is 0 Å². The molecule has 0 aliphatic carbocycles. The van der Waals surface area contributed by atoms with Crippen LogP contribution < -0.4 is 0 Å². The first kappa shape index (κ1) is 9.33. The van der Waals surface area contributed by atoms with Gasteiger partial charge < -0.3 is 4.52 Å². The highest BCUT2D eigenvalue weighted by molar-refractivity contribution is 5.80. The Morgan fingerprint density at radius 3 is 2.40 bits per heavy atom. The van der Waals surface area contributed by atoms with Crippen molar-refractivity contribution in [2.75, 3.05) is 0 Å². The summed E-state index contributed by atoms with van der Waals surface area (Å²) in [5.74, 6) is 0. The summed E-state index contributed by atoms with van der Waals surface area (Å²) in [6, 6.07) is 10.2. The molecule has 0 spiro atoms. The van der Waals surface area contributed by atoms with Crippen LogP contribution in [0.5, 0.6) is 0 Å². The van der Waals surface area contributed by atoms with Gasteiger partial charge in [-0.05, 0) is 16.8 Å². The van der Waals surface area contributed by atoms with Crippen LogP contribution in [-0.4, -0.2) is 15.4 Å². The summed E-state index contributed by atoms with van der Waals surface area (Å²) in [4.78, 5) is 4.01. The van der Waals surface area contributed by atoms with Crippen LogP contribution in [0.25, 0.3) is 10.8 Å². The molecule has 15 heavy (non-hydrogen) atoms. The van der Waals surface area contributed by atoms with E-state index in [0.29, 0.717) is 0 Å². The number of pyridine rings is 1. The molecule has 0 saturated carbocycles. The highest BCUT2D eigenvalue weighted by Gasteiger charge is 1.86. The topological polar surface area (TPSA) is 51.8 Å². The van der Waals surface area contributed by atoms with Gasteiger partial charge in [0, 0.05) is 17.7 Å². The van der Waals surface area contributed by atoms with Gasteiger partial charge in [0.2, 0.25) is 0 Å². The van der Waals surface area contributed by atoms with E-state index in [0.717, 1.165) is 0 Å². The predicted molar refractivity (Wildman–Crippen MR) is 56.0 cm³/mol. The zero-order valence-electron chi connectivity index (χ0n) is 7.95. The van der Waals surface area contributed by atoms with Crippen molar-refractivity contribution in [1.82, 2.24) is 15.4 Å². The van der Waals surface area contributed by atoms with Gasteiger partial charge in [-0.2, -0.15) is 0 Å². The zero-order chi connectivity index (χ0) is 10.3. The van der Waals surface area contributed by atoms with Crippen molar-refractivity contribution in [2.45, 2.75) is 0 Å². The minimum atomic E-state index is 1.20. The quantitative estimate of drug-likeness (QED) is 0.557. The molecule has 2 heterocycles. The second-order valence-electron chi connectivity index (χ2n) is 2.81. The summed E-state index contributed by atoms with van der Waals surface area (Å²) in [5, 5.41) is 8.85. The second-order valence-corrected chi connectivity index (χ2v) is 2.81. The molecule has 0 saturated heterocycles. The van der Waals surface area contributed by atoms with Gasteiger partial charge in [0.15, 0.2) is 0 Å². The van der Waals surface area contributed by atoms with E-state index in [1.165, 1.54) is 23.2 Å². The van der Waals surface area contributed by atoms with Gasteiger partial charge >= 0.3 is 0 Å². The van der Waals surface area contributed by atoms with Crippen LogP contribution in [0.2, 0.25) is 0 Å². The fourth-order valence-corrected chi connectivity index (χ4v) is 1.16. The average molecular weight is 199 g/mol. The lowest BCUT2D eigenvalue weighted by molar-refractivity contribution is 0.393. The largest absolute Gasteiger partial charge is 0.346 e. The molecule has 4 heteroatoms. The van der Waals surface area contributed by atoms with Crippen molar-refractivity contribution in [2.24, 2.45) is 0 Å². The second kappa shape index (κ2) is 4.85. The molecule has 0 amide bonds. The fraction of sp³-hybridized carbons (Fsp3) is 0. The van der Waals surface area contributed by atoms with Gasteiger partial charge in [-0.15, -0.1) is 5.10 Å². The van der Waals surface area contributed by atoms with Crippen molar-refractivity contribution in [3.63, 3.8) is 0 Å². The van der Waals surface area contributed by atoms with Crippen LogP contribution in [-0.2, 0) is 0 Å². The minimum absolute atomic E-state index is 1.20. The Bertz CT molecular complexity index is 425. The molecule has 0 radical (unpaired) electrons. The van der Waals surface area contributed by atoms with Gasteiger partial charge in [0.05, 0.1) is 6.20 Å². The van der Waals surface area contributed by atoms with Crippen LogP contribution in [0.1, 0.15) is 0 Å². The Labute approximate surface area is 86.5 Å². The molecular weight excluding hydrogens is 190 g/mol. The van der Waals surface area contributed by atoms with E-state index in [9.17, 15) is 0 Å². The summed E-state index contributed by atoms with van der Waals surface area (Å²) in [6.45, 7) is 0. The molecule has 0 fully saturated rings. The molecule has 0 unspecified atom stereocenters. The molecular formula is C11H9N3O. The zero-order valence-corrected chi connectivity index (χ0v) is 7.95. The van der Waals surface area contributed by atoms with Gasteiger partial charge in [-0.3, -0.25) is 4.98 Å². The maximum atomic E-state index is 4.22. The summed E-state index contributed by atoms with van der Waals surface area (Å²) < 4.78 is 4.22. The molecule has 0 aliphatic heterocycles. The Balaban J connectivity index is 0.000000144. The first-order valence-corrected chi connectivity index (χ1v) is 4.46. The van der Waals surface area contributed by atoms with Gasteiger partial charge in [0.1, 0.15) is 6.26 Å². The highest BCUT2D eigenvalue weighted by Crippen LogP contribution is 2.09. The third kappa shape index (κ3) is 2.60. The summed E-state index contributed by atoms with van der Waals surface area (Å²) in [7, 11) is 0. The number of hydrogen-bond donors (Lipinski definition) is 0. The Hall–Kier alpha value is -2.23. The van der Waals surface area contributed by atoms with E-state index in [2.05, 4.69) is 32.0 Å². The smallest absolute Gasteiger partial charge is 0.144 e.